The first-order valence-electron chi connectivity index (χ1n) is 7.44. The summed E-state index contributed by atoms with van der Waals surface area (Å²) in [4.78, 5) is 13.2. The van der Waals surface area contributed by atoms with E-state index in [1.54, 1.807) is 37.3 Å². The molecule has 2 N–H and O–H groups in total. The highest BCUT2D eigenvalue weighted by Gasteiger charge is 2.43. The topological polar surface area (TPSA) is 52.6 Å². The normalized spacial score (nSPS) is 14.2. The quantitative estimate of drug-likeness (QED) is 0.895. The lowest BCUT2D eigenvalue weighted by molar-refractivity contribution is -0.155. The van der Waals surface area contributed by atoms with Gasteiger partial charge in [-0.15, -0.1) is 0 Å². The Balaban J connectivity index is 2.41. The first-order chi connectivity index (χ1) is 11.3. The predicted octanol–water partition coefficient (Wildman–Crippen LogP) is 3.47. The van der Waals surface area contributed by atoms with Gasteiger partial charge in [-0.1, -0.05) is 42.5 Å². The van der Waals surface area contributed by atoms with Gasteiger partial charge in [-0.05, 0) is 23.3 Å². The van der Waals surface area contributed by atoms with Crippen molar-refractivity contribution in [3.63, 3.8) is 0 Å². The second-order valence-electron chi connectivity index (χ2n) is 5.63. The molecule has 2 amide bonds. The van der Waals surface area contributed by atoms with Gasteiger partial charge in [0.1, 0.15) is 0 Å². The van der Waals surface area contributed by atoms with E-state index < -0.39 is 24.3 Å². The molecule has 0 aliphatic heterocycles. The van der Waals surface area contributed by atoms with Crippen molar-refractivity contribution in [3.8, 4) is 0 Å². The SMILES string of the molecule is C[C@H](CO)N(C)C(=O)N[C@@H](c1cccc2ccccc12)C(F)(F)F. The van der Waals surface area contributed by atoms with Gasteiger partial charge in [0.05, 0.1) is 12.6 Å². The van der Waals surface area contributed by atoms with Crippen LogP contribution in [0, 0.1) is 0 Å². The summed E-state index contributed by atoms with van der Waals surface area (Å²) in [5.41, 5.74) is -0.0148. The number of urea groups is 1. The number of likely N-dealkylation sites (N-methyl/N-ethyl adjacent to an activating group) is 1. The fourth-order valence-corrected chi connectivity index (χ4v) is 2.39. The van der Waals surface area contributed by atoms with Crippen molar-refractivity contribution in [2.75, 3.05) is 13.7 Å². The monoisotopic (exact) mass is 340 g/mol. The first-order valence-corrected chi connectivity index (χ1v) is 7.44. The van der Waals surface area contributed by atoms with Crippen molar-refractivity contribution in [2.45, 2.75) is 25.2 Å². The summed E-state index contributed by atoms with van der Waals surface area (Å²) in [5, 5.41) is 12.2. The van der Waals surface area contributed by atoms with E-state index in [1.165, 1.54) is 19.2 Å². The Bertz CT molecular complexity index is 713. The van der Waals surface area contributed by atoms with Crippen LogP contribution in [0.5, 0.6) is 0 Å². The van der Waals surface area contributed by atoms with Crippen LogP contribution in [-0.2, 0) is 0 Å². The molecule has 0 fully saturated rings. The van der Waals surface area contributed by atoms with Crippen LogP contribution >= 0.6 is 0 Å². The number of aliphatic hydroxyl groups is 1. The van der Waals surface area contributed by atoms with Crippen LogP contribution in [0.4, 0.5) is 18.0 Å². The van der Waals surface area contributed by atoms with Crippen LogP contribution in [0.3, 0.4) is 0 Å². The molecule has 0 unspecified atom stereocenters. The third kappa shape index (κ3) is 3.79. The second kappa shape index (κ2) is 7.09. The number of halogens is 3. The van der Waals surface area contributed by atoms with E-state index >= 15 is 0 Å². The summed E-state index contributed by atoms with van der Waals surface area (Å²) in [6.07, 6.45) is -4.65. The lowest BCUT2D eigenvalue weighted by Gasteiger charge is -2.28. The minimum Gasteiger partial charge on any atom is -0.394 e. The lowest BCUT2D eigenvalue weighted by atomic mass is 9.98. The highest BCUT2D eigenvalue weighted by atomic mass is 19.4. The molecule has 0 bridgehead atoms. The van der Waals surface area contributed by atoms with Crippen LogP contribution in [0.2, 0.25) is 0 Å². The summed E-state index contributed by atoms with van der Waals surface area (Å²) in [7, 11) is 1.34. The molecule has 0 aromatic heterocycles. The van der Waals surface area contributed by atoms with Gasteiger partial charge in [0.2, 0.25) is 0 Å². The average molecular weight is 340 g/mol. The van der Waals surface area contributed by atoms with E-state index in [2.05, 4.69) is 0 Å². The number of hydrogen-bond donors (Lipinski definition) is 2. The minimum atomic E-state index is -4.65. The van der Waals surface area contributed by atoms with E-state index in [0.29, 0.717) is 10.8 Å². The molecule has 2 aromatic carbocycles. The average Bonchev–Trinajstić information content (AvgIpc) is 2.56. The summed E-state index contributed by atoms with van der Waals surface area (Å²) in [6, 6.07) is 7.68. The van der Waals surface area contributed by atoms with E-state index in [1.807, 2.05) is 5.32 Å². The molecule has 0 saturated carbocycles. The van der Waals surface area contributed by atoms with Crippen LogP contribution in [0.25, 0.3) is 10.8 Å². The van der Waals surface area contributed by atoms with Crippen molar-refractivity contribution in [1.82, 2.24) is 10.2 Å². The zero-order valence-corrected chi connectivity index (χ0v) is 13.3. The van der Waals surface area contributed by atoms with E-state index in [9.17, 15) is 18.0 Å². The summed E-state index contributed by atoms with van der Waals surface area (Å²) < 4.78 is 40.7. The highest BCUT2D eigenvalue weighted by molar-refractivity contribution is 5.87. The molecule has 7 heteroatoms. The van der Waals surface area contributed by atoms with Gasteiger partial charge in [-0.3, -0.25) is 0 Å². The van der Waals surface area contributed by atoms with Crippen molar-refractivity contribution in [2.24, 2.45) is 0 Å². The van der Waals surface area contributed by atoms with Gasteiger partial charge in [0.15, 0.2) is 6.04 Å². The first kappa shape index (κ1) is 18.1. The fraction of sp³-hybridized carbons (Fsp3) is 0.353. The number of fused-ring (bicyclic) bond motifs is 1. The Kier molecular flexibility index (Phi) is 5.33. The third-order valence-corrected chi connectivity index (χ3v) is 3.98. The molecule has 0 radical (unpaired) electrons. The van der Waals surface area contributed by atoms with Crippen molar-refractivity contribution in [3.05, 3.63) is 48.0 Å². The number of rotatable bonds is 4. The molecule has 24 heavy (non-hydrogen) atoms. The van der Waals surface area contributed by atoms with Crippen LogP contribution in [0.1, 0.15) is 18.5 Å². The number of aliphatic hydroxyl groups excluding tert-OH is 1. The predicted molar refractivity (Wildman–Crippen MR) is 85.6 cm³/mol. The maximum absolute atomic E-state index is 13.6. The molecule has 130 valence electrons. The summed E-state index contributed by atoms with van der Waals surface area (Å²) in [5.74, 6) is 0. The Labute approximate surface area is 137 Å². The molecule has 0 spiro atoms. The van der Waals surface area contributed by atoms with Gasteiger partial charge in [0, 0.05) is 7.05 Å². The minimum absolute atomic E-state index is 0.0148. The number of carbonyl (C=O) groups is 1. The number of alkyl halides is 3. The van der Waals surface area contributed by atoms with E-state index in [-0.39, 0.29) is 12.2 Å². The van der Waals surface area contributed by atoms with Gasteiger partial charge < -0.3 is 15.3 Å². The molecular formula is C17H19F3N2O2. The Morgan fingerprint density at radius 1 is 1.21 bits per heavy atom. The number of carbonyl (C=O) groups excluding carboxylic acids is 1. The van der Waals surface area contributed by atoms with Gasteiger partial charge >= 0.3 is 12.2 Å². The molecule has 0 aliphatic carbocycles. The smallest absolute Gasteiger partial charge is 0.394 e. The number of hydrogen-bond acceptors (Lipinski definition) is 2. The number of benzene rings is 2. The van der Waals surface area contributed by atoms with Crippen molar-refractivity contribution in [1.29, 1.82) is 0 Å². The third-order valence-electron chi connectivity index (χ3n) is 3.98. The van der Waals surface area contributed by atoms with E-state index in [0.717, 1.165) is 4.90 Å². The Hall–Kier alpha value is -2.28. The summed E-state index contributed by atoms with van der Waals surface area (Å²) in [6.45, 7) is 1.20. The molecule has 0 saturated heterocycles. The zero-order chi connectivity index (χ0) is 17.9. The number of nitrogens with zero attached hydrogens (tertiary/aromatic N) is 1. The number of nitrogens with one attached hydrogen (secondary N) is 1. The molecule has 2 aromatic rings. The molecule has 2 rings (SSSR count). The highest BCUT2D eigenvalue weighted by Crippen LogP contribution is 2.36. The lowest BCUT2D eigenvalue weighted by Crippen LogP contribution is -2.48. The Morgan fingerprint density at radius 3 is 2.46 bits per heavy atom. The largest absolute Gasteiger partial charge is 0.412 e. The van der Waals surface area contributed by atoms with Crippen LogP contribution in [0.15, 0.2) is 42.5 Å². The summed E-state index contributed by atoms with van der Waals surface area (Å²) >= 11 is 0. The molecule has 0 heterocycles. The molecule has 2 atom stereocenters. The van der Waals surface area contributed by atoms with Gasteiger partial charge in [0.25, 0.3) is 0 Å². The Morgan fingerprint density at radius 2 is 1.83 bits per heavy atom. The molecule has 4 nitrogen and oxygen atoms in total. The van der Waals surface area contributed by atoms with E-state index in [4.69, 9.17) is 5.11 Å². The maximum atomic E-state index is 13.6. The zero-order valence-electron chi connectivity index (χ0n) is 13.3. The van der Waals surface area contributed by atoms with Crippen molar-refractivity contribution < 1.29 is 23.1 Å². The van der Waals surface area contributed by atoms with Crippen LogP contribution in [-0.4, -0.2) is 41.9 Å². The second-order valence-corrected chi connectivity index (χ2v) is 5.63. The standard InChI is InChI=1S/C17H19F3N2O2/c1-11(10-23)22(2)16(24)21-15(17(18,19)20)14-9-5-7-12-6-3-4-8-13(12)14/h3-9,11,15,23H,10H2,1-2H3,(H,21,24)/t11-,15+/m1/s1. The fourth-order valence-electron chi connectivity index (χ4n) is 2.39. The van der Waals surface area contributed by atoms with Crippen molar-refractivity contribution >= 4 is 16.8 Å². The molecule has 0 aliphatic rings. The number of amides is 2. The molecular weight excluding hydrogens is 321 g/mol. The van der Waals surface area contributed by atoms with Gasteiger partial charge in [-0.25, -0.2) is 4.79 Å². The van der Waals surface area contributed by atoms with Gasteiger partial charge in [-0.2, -0.15) is 13.2 Å². The maximum Gasteiger partial charge on any atom is 0.412 e. The van der Waals surface area contributed by atoms with Crippen LogP contribution < -0.4 is 5.32 Å².